The quantitative estimate of drug-likeness (QED) is 0.775. The first-order valence-electron chi connectivity index (χ1n) is 6.61. The van der Waals surface area contributed by atoms with Gasteiger partial charge in [0.25, 0.3) is 0 Å². The summed E-state index contributed by atoms with van der Waals surface area (Å²) in [5, 5.41) is 0. The fraction of sp³-hybridized carbons (Fsp3) is 0.625. The van der Waals surface area contributed by atoms with Crippen LogP contribution in [0.4, 0.5) is 0 Å². The summed E-state index contributed by atoms with van der Waals surface area (Å²) in [4.78, 5) is 0. The van der Waals surface area contributed by atoms with Gasteiger partial charge in [-0.15, -0.1) is 0 Å². The fourth-order valence-corrected chi connectivity index (χ4v) is 1.72. The fourth-order valence-electron chi connectivity index (χ4n) is 1.72. The second kappa shape index (κ2) is 6.12. The van der Waals surface area contributed by atoms with Gasteiger partial charge in [0.05, 0.1) is 13.7 Å². The average Bonchev–Trinajstić information content (AvgIpc) is 2.25. The van der Waals surface area contributed by atoms with Gasteiger partial charge >= 0.3 is 0 Å². The zero-order valence-electron chi connectivity index (χ0n) is 12.5. The molecular weight excluding hydrogens is 224 g/mol. The van der Waals surface area contributed by atoms with Gasteiger partial charge in [-0.2, -0.15) is 0 Å². The molecule has 1 rings (SSSR count). The van der Waals surface area contributed by atoms with Crippen molar-refractivity contribution in [3.8, 4) is 11.5 Å². The Hall–Kier alpha value is -1.18. The van der Waals surface area contributed by atoms with Crippen LogP contribution >= 0.6 is 0 Å². The average molecular weight is 250 g/mol. The molecule has 18 heavy (non-hydrogen) atoms. The highest BCUT2D eigenvalue weighted by atomic mass is 16.5. The van der Waals surface area contributed by atoms with Crippen molar-refractivity contribution in [2.45, 2.75) is 41.0 Å². The van der Waals surface area contributed by atoms with Gasteiger partial charge in [0.15, 0.2) is 11.5 Å². The van der Waals surface area contributed by atoms with E-state index in [9.17, 15) is 0 Å². The summed E-state index contributed by atoms with van der Waals surface area (Å²) in [7, 11) is 1.69. The van der Waals surface area contributed by atoms with Crippen molar-refractivity contribution in [2.75, 3.05) is 13.7 Å². The number of methoxy groups -OCH3 is 1. The minimum absolute atomic E-state index is 0.154. The molecule has 0 aliphatic heterocycles. The topological polar surface area (TPSA) is 18.5 Å². The van der Waals surface area contributed by atoms with Crippen LogP contribution in [0.15, 0.2) is 18.2 Å². The van der Waals surface area contributed by atoms with Crippen LogP contribution in [0.1, 0.15) is 40.2 Å². The lowest BCUT2D eigenvalue weighted by molar-refractivity contribution is 0.191. The number of hydrogen-bond donors (Lipinski definition) is 0. The monoisotopic (exact) mass is 250 g/mol. The third-order valence-corrected chi connectivity index (χ3v) is 2.53. The molecule has 2 heteroatoms. The molecule has 0 heterocycles. The first-order chi connectivity index (χ1) is 8.31. The Morgan fingerprint density at radius 1 is 1.11 bits per heavy atom. The zero-order chi connectivity index (χ0) is 13.8. The predicted octanol–water partition coefficient (Wildman–Crippen LogP) is 4.32. The maximum Gasteiger partial charge on any atom is 0.161 e. The van der Waals surface area contributed by atoms with E-state index in [0.29, 0.717) is 12.5 Å². The van der Waals surface area contributed by atoms with Gasteiger partial charge in [0, 0.05) is 0 Å². The first kappa shape index (κ1) is 14.9. The van der Waals surface area contributed by atoms with Crippen molar-refractivity contribution < 1.29 is 9.47 Å². The summed E-state index contributed by atoms with van der Waals surface area (Å²) in [6.07, 6.45) is 1.07. The van der Waals surface area contributed by atoms with E-state index in [-0.39, 0.29) is 5.41 Å². The summed E-state index contributed by atoms with van der Waals surface area (Å²) in [6, 6.07) is 6.22. The van der Waals surface area contributed by atoms with Crippen LogP contribution in [0.3, 0.4) is 0 Å². The molecule has 0 amide bonds. The van der Waals surface area contributed by atoms with Gasteiger partial charge in [0.1, 0.15) is 0 Å². The molecule has 0 aliphatic carbocycles. The maximum atomic E-state index is 5.83. The Labute approximate surface area is 111 Å². The Bertz CT molecular complexity index is 375. The minimum atomic E-state index is 0.154. The normalized spacial score (nSPS) is 11.7. The van der Waals surface area contributed by atoms with E-state index in [1.807, 2.05) is 6.07 Å². The lowest BCUT2D eigenvalue weighted by atomic mass is 9.98. The molecular formula is C16H26O2. The minimum Gasteiger partial charge on any atom is -0.493 e. The molecule has 0 saturated carbocycles. The van der Waals surface area contributed by atoms with Gasteiger partial charge in [-0.25, -0.2) is 0 Å². The number of benzene rings is 1. The molecule has 0 unspecified atom stereocenters. The van der Waals surface area contributed by atoms with Gasteiger partial charge in [0.2, 0.25) is 0 Å². The van der Waals surface area contributed by atoms with E-state index in [2.05, 4.69) is 46.8 Å². The van der Waals surface area contributed by atoms with Crippen molar-refractivity contribution in [1.29, 1.82) is 0 Å². The zero-order valence-corrected chi connectivity index (χ0v) is 12.5. The number of hydrogen-bond acceptors (Lipinski definition) is 2. The number of rotatable bonds is 5. The third kappa shape index (κ3) is 4.99. The first-order valence-corrected chi connectivity index (χ1v) is 6.61. The van der Waals surface area contributed by atoms with E-state index < -0.39 is 0 Å². The van der Waals surface area contributed by atoms with Gasteiger partial charge in [-0.3, -0.25) is 0 Å². The highest BCUT2D eigenvalue weighted by Gasteiger charge is 2.13. The smallest absolute Gasteiger partial charge is 0.161 e. The highest BCUT2D eigenvalue weighted by Crippen LogP contribution is 2.30. The molecule has 2 nitrogen and oxygen atoms in total. The maximum absolute atomic E-state index is 5.83. The van der Waals surface area contributed by atoms with Crippen LogP contribution in [0, 0.1) is 11.3 Å². The molecule has 0 atom stereocenters. The van der Waals surface area contributed by atoms with Gasteiger partial charge in [-0.05, 0) is 35.4 Å². The van der Waals surface area contributed by atoms with Gasteiger partial charge < -0.3 is 9.47 Å². The molecule has 0 aromatic heterocycles. The second-order valence-corrected chi connectivity index (χ2v) is 6.43. The molecule has 1 aromatic carbocycles. The number of ether oxygens (including phenoxy) is 2. The van der Waals surface area contributed by atoms with E-state index in [1.165, 1.54) is 5.56 Å². The van der Waals surface area contributed by atoms with E-state index >= 15 is 0 Å². The SMILES string of the molecule is COc1cc(CC(C)C)ccc1OCC(C)(C)C. The van der Waals surface area contributed by atoms with Crippen molar-refractivity contribution in [2.24, 2.45) is 11.3 Å². The van der Waals surface area contributed by atoms with Crippen LogP contribution in [0.25, 0.3) is 0 Å². The standard InChI is InChI=1S/C16H26O2/c1-12(2)9-13-7-8-14(15(10-13)17-6)18-11-16(3,4)5/h7-8,10,12H,9,11H2,1-6H3. The third-order valence-electron chi connectivity index (χ3n) is 2.53. The Kier molecular flexibility index (Phi) is 5.06. The molecule has 0 saturated heterocycles. The molecule has 0 aliphatic rings. The Morgan fingerprint density at radius 3 is 2.28 bits per heavy atom. The molecule has 0 fully saturated rings. The predicted molar refractivity (Wildman–Crippen MR) is 76.5 cm³/mol. The van der Waals surface area contributed by atoms with Crippen LogP contribution in [-0.4, -0.2) is 13.7 Å². The van der Waals surface area contributed by atoms with Crippen molar-refractivity contribution in [3.63, 3.8) is 0 Å². The summed E-state index contributed by atoms with van der Waals surface area (Å²) in [5.41, 5.74) is 1.45. The van der Waals surface area contributed by atoms with Crippen molar-refractivity contribution in [1.82, 2.24) is 0 Å². The van der Waals surface area contributed by atoms with E-state index in [0.717, 1.165) is 17.9 Å². The lowest BCUT2D eigenvalue weighted by Gasteiger charge is -2.20. The van der Waals surface area contributed by atoms with Gasteiger partial charge in [-0.1, -0.05) is 40.7 Å². The molecule has 0 radical (unpaired) electrons. The van der Waals surface area contributed by atoms with Crippen LogP contribution in [-0.2, 0) is 6.42 Å². The van der Waals surface area contributed by atoms with Crippen molar-refractivity contribution >= 4 is 0 Å². The molecule has 0 bridgehead atoms. The molecule has 1 aromatic rings. The molecule has 102 valence electrons. The van der Waals surface area contributed by atoms with E-state index in [1.54, 1.807) is 7.11 Å². The highest BCUT2D eigenvalue weighted by molar-refractivity contribution is 5.43. The summed E-state index contributed by atoms with van der Waals surface area (Å²) >= 11 is 0. The Morgan fingerprint density at radius 2 is 1.78 bits per heavy atom. The molecule has 0 N–H and O–H groups in total. The van der Waals surface area contributed by atoms with Crippen LogP contribution < -0.4 is 9.47 Å². The summed E-state index contributed by atoms with van der Waals surface area (Å²) in [5.74, 6) is 2.31. The Balaban J connectivity index is 2.80. The summed E-state index contributed by atoms with van der Waals surface area (Å²) in [6.45, 7) is 11.6. The van der Waals surface area contributed by atoms with Crippen LogP contribution in [0.5, 0.6) is 11.5 Å². The van der Waals surface area contributed by atoms with E-state index in [4.69, 9.17) is 9.47 Å². The summed E-state index contributed by atoms with van der Waals surface area (Å²) < 4.78 is 11.2. The molecule has 0 spiro atoms. The largest absolute Gasteiger partial charge is 0.493 e. The van der Waals surface area contributed by atoms with Crippen LogP contribution in [0.2, 0.25) is 0 Å². The second-order valence-electron chi connectivity index (χ2n) is 6.43. The lowest BCUT2D eigenvalue weighted by Crippen LogP contribution is -2.17. The van der Waals surface area contributed by atoms with Crippen molar-refractivity contribution in [3.05, 3.63) is 23.8 Å².